The van der Waals surface area contributed by atoms with Crippen LogP contribution in [-0.4, -0.2) is 53.3 Å². The van der Waals surface area contributed by atoms with Gasteiger partial charge in [0.15, 0.2) is 5.79 Å². The number of amides is 1. The average molecular weight is 367 g/mol. The zero-order valence-corrected chi connectivity index (χ0v) is 15.4. The van der Waals surface area contributed by atoms with Gasteiger partial charge in [-0.3, -0.25) is 0 Å². The Bertz CT molecular complexity index is 636. The number of aliphatic hydroxyl groups is 1. The van der Waals surface area contributed by atoms with E-state index in [4.69, 9.17) is 14.2 Å². The highest BCUT2D eigenvalue weighted by atomic mass is 19.1. The molecule has 2 saturated heterocycles. The molecule has 1 N–H and O–H groups in total. The van der Waals surface area contributed by atoms with Crippen molar-refractivity contribution in [1.82, 2.24) is 4.90 Å². The summed E-state index contributed by atoms with van der Waals surface area (Å²) in [6.07, 6.45) is -0.659. The van der Waals surface area contributed by atoms with E-state index in [2.05, 4.69) is 0 Å². The number of ether oxygens (including phenoxy) is 3. The number of benzene rings is 1. The molecule has 0 radical (unpaired) electrons. The second kappa shape index (κ2) is 7.13. The number of hydrogen-bond acceptors (Lipinski definition) is 5. The summed E-state index contributed by atoms with van der Waals surface area (Å²) in [4.78, 5) is 14.2. The highest BCUT2D eigenvalue weighted by Gasteiger charge is 2.48. The quantitative estimate of drug-likeness (QED) is 0.870. The average Bonchev–Trinajstić information content (AvgIpc) is 3.01. The number of nitrogens with zero attached hydrogens (tertiary/aromatic N) is 1. The number of aliphatic hydroxyl groups excluding tert-OH is 1. The van der Waals surface area contributed by atoms with Crippen molar-refractivity contribution in [2.75, 3.05) is 19.8 Å². The van der Waals surface area contributed by atoms with Gasteiger partial charge in [0.2, 0.25) is 0 Å². The minimum Gasteiger partial charge on any atom is -0.444 e. The number of carbonyl (C=O) groups excluding carboxylic acids is 1. The van der Waals surface area contributed by atoms with E-state index in [0.717, 1.165) is 0 Å². The van der Waals surface area contributed by atoms with E-state index in [9.17, 15) is 14.3 Å². The zero-order chi connectivity index (χ0) is 18.9. The molecule has 1 amide bonds. The minimum atomic E-state index is -1.01. The van der Waals surface area contributed by atoms with Gasteiger partial charge in [0.05, 0.1) is 25.4 Å². The fourth-order valence-electron chi connectivity index (χ4n) is 3.46. The Morgan fingerprint density at radius 3 is 2.50 bits per heavy atom. The molecular weight excluding hydrogens is 341 g/mol. The molecule has 2 aliphatic heterocycles. The molecule has 2 aliphatic rings. The van der Waals surface area contributed by atoms with Crippen molar-refractivity contribution in [2.45, 2.75) is 57.1 Å². The first-order valence-electron chi connectivity index (χ1n) is 8.90. The van der Waals surface area contributed by atoms with Gasteiger partial charge >= 0.3 is 6.09 Å². The predicted molar refractivity (Wildman–Crippen MR) is 92.0 cm³/mol. The van der Waals surface area contributed by atoms with Crippen LogP contribution in [0, 0.1) is 5.82 Å². The third kappa shape index (κ3) is 4.16. The summed E-state index contributed by atoms with van der Waals surface area (Å²) >= 11 is 0. The van der Waals surface area contributed by atoms with E-state index in [1.165, 1.54) is 29.2 Å². The smallest absolute Gasteiger partial charge is 0.410 e. The van der Waals surface area contributed by atoms with Gasteiger partial charge in [-0.2, -0.15) is 0 Å². The maximum absolute atomic E-state index is 13.2. The molecule has 6 nitrogen and oxygen atoms in total. The molecule has 7 heteroatoms. The molecule has 2 unspecified atom stereocenters. The van der Waals surface area contributed by atoms with E-state index < -0.39 is 29.6 Å². The van der Waals surface area contributed by atoms with Crippen LogP contribution in [0.2, 0.25) is 0 Å². The molecule has 0 aliphatic carbocycles. The van der Waals surface area contributed by atoms with Crippen LogP contribution in [0.3, 0.4) is 0 Å². The van der Waals surface area contributed by atoms with Gasteiger partial charge in [-0.1, -0.05) is 12.1 Å². The van der Waals surface area contributed by atoms with E-state index in [0.29, 0.717) is 38.2 Å². The maximum Gasteiger partial charge on any atom is 0.410 e. The van der Waals surface area contributed by atoms with Crippen LogP contribution in [0.1, 0.15) is 45.3 Å². The highest BCUT2D eigenvalue weighted by Crippen LogP contribution is 2.39. The Hall–Kier alpha value is -1.70. The molecule has 0 saturated carbocycles. The third-order valence-corrected chi connectivity index (χ3v) is 4.67. The highest BCUT2D eigenvalue weighted by molar-refractivity contribution is 5.69. The zero-order valence-electron chi connectivity index (χ0n) is 15.4. The third-order valence-electron chi connectivity index (χ3n) is 4.67. The number of halogens is 1. The van der Waals surface area contributed by atoms with E-state index >= 15 is 0 Å². The van der Waals surface area contributed by atoms with Crippen molar-refractivity contribution < 1.29 is 28.5 Å². The van der Waals surface area contributed by atoms with Crippen LogP contribution < -0.4 is 0 Å². The SMILES string of the molecule is CC(C)(C)OC(=O)N1CCC2(CC1C(O)c1ccc(F)cc1)OCCO2. The Morgan fingerprint density at radius 2 is 1.92 bits per heavy atom. The lowest BCUT2D eigenvalue weighted by Crippen LogP contribution is -2.56. The molecule has 144 valence electrons. The van der Waals surface area contributed by atoms with Gasteiger partial charge in [0.25, 0.3) is 0 Å². The summed E-state index contributed by atoms with van der Waals surface area (Å²) in [5, 5.41) is 10.9. The van der Waals surface area contributed by atoms with E-state index in [1.54, 1.807) is 20.8 Å². The summed E-state index contributed by atoms with van der Waals surface area (Å²) in [5.41, 5.74) is -0.113. The van der Waals surface area contributed by atoms with Gasteiger partial charge in [-0.25, -0.2) is 9.18 Å². The minimum absolute atomic E-state index is 0.324. The van der Waals surface area contributed by atoms with Gasteiger partial charge in [0.1, 0.15) is 11.4 Å². The number of carbonyl (C=O) groups is 1. The van der Waals surface area contributed by atoms with Gasteiger partial charge in [0, 0.05) is 19.4 Å². The first-order valence-corrected chi connectivity index (χ1v) is 8.90. The van der Waals surface area contributed by atoms with Crippen LogP contribution in [0.25, 0.3) is 0 Å². The van der Waals surface area contributed by atoms with Gasteiger partial charge in [-0.15, -0.1) is 0 Å². The van der Waals surface area contributed by atoms with Crippen LogP contribution in [-0.2, 0) is 14.2 Å². The lowest BCUT2D eigenvalue weighted by atomic mass is 9.89. The molecular formula is C19H26FNO5. The fraction of sp³-hybridized carbons (Fsp3) is 0.632. The van der Waals surface area contributed by atoms with Gasteiger partial charge < -0.3 is 24.2 Å². The van der Waals surface area contributed by atoms with Gasteiger partial charge in [-0.05, 0) is 38.5 Å². The molecule has 1 aromatic rings. The largest absolute Gasteiger partial charge is 0.444 e. The summed E-state index contributed by atoms with van der Waals surface area (Å²) in [6, 6.07) is 5.02. The van der Waals surface area contributed by atoms with Crippen LogP contribution in [0.4, 0.5) is 9.18 Å². The monoisotopic (exact) mass is 367 g/mol. The Kier molecular flexibility index (Phi) is 5.23. The fourth-order valence-corrected chi connectivity index (χ4v) is 3.46. The molecule has 0 bridgehead atoms. The second-order valence-corrected chi connectivity index (χ2v) is 7.80. The summed E-state index contributed by atoms with van der Waals surface area (Å²) in [7, 11) is 0. The maximum atomic E-state index is 13.2. The molecule has 2 heterocycles. The molecule has 2 fully saturated rings. The lowest BCUT2D eigenvalue weighted by Gasteiger charge is -2.45. The van der Waals surface area contributed by atoms with Crippen LogP contribution in [0.5, 0.6) is 0 Å². The molecule has 1 spiro atoms. The molecule has 2 atom stereocenters. The number of rotatable bonds is 2. The Morgan fingerprint density at radius 1 is 1.31 bits per heavy atom. The topological polar surface area (TPSA) is 68.2 Å². The Labute approximate surface area is 152 Å². The first kappa shape index (κ1) is 19.1. The molecule has 0 aromatic heterocycles. The molecule has 26 heavy (non-hydrogen) atoms. The summed E-state index contributed by atoms with van der Waals surface area (Å²) < 4.78 is 30.3. The van der Waals surface area contributed by atoms with Crippen LogP contribution >= 0.6 is 0 Å². The first-order chi connectivity index (χ1) is 12.2. The molecule has 3 rings (SSSR count). The number of likely N-dealkylation sites (tertiary alicyclic amines) is 1. The predicted octanol–water partition coefficient (Wildman–Crippen LogP) is 3.00. The lowest BCUT2D eigenvalue weighted by molar-refractivity contribution is -0.202. The van der Waals surface area contributed by atoms with Crippen molar-refractivity contribution in [3.63, 3.8) is 0 Å². The Balaban J connectivity index is 1.85. The van der Waals surface area contributed by atoms with E-state index in [1.807, 2.05) is 0 Å². The van der Waals surface area contributed by atoms with Crippen molar-refractivity contribution in [3.8, 4) is 0 Å². The number of hydrogen-bond donors (Lipinski definition) is 1. The summed E-state index contributed by atoms with van der Waals surface area (Å²) in [6.45, 7) is 6.72. The van der Waals surface area contributed by atoms with Crippen LogP contribution in [0.15, 0.2) is 24.3 Å². The molecule has 1 aromatic carbocycles. The summed E-state index contributed by atoms with van der Waals surface area (Å²) in [5.74, 6) is -1.17. The standard InChI is InChI=1S/C19H26FNO5/c1-18(2,3)26-17(23)21-9-8-19(24-10-11-25-19)12-15(21)16(22)13-4-6-14(20)7-5-13/h4-7,15-16,22H,8-12H2,1-3H3. The van der Waals surface area contributed by atoms with Crippen molar-refractivity contribution >= 4 is 6.09 Å². The second-order valence-electron chi connectivity index (χ2n) is 7.80. The van der Waals surface area contributed by atoms with Crippen molar-refractivity contribution in [2.24, 2.45) is 0 Å². The normalized spacial score (nSPS) is 23.9. The number of piperidine rings is 1. The van der Waals surface area contributed by atoms with E-state index in [-0.39, 0.29) is 5.82 Å². The van der Waals surface area contributed by atoms with Crippen molar-refractivity contribution in [3.05, 3.63) is 35.6 Å². The van der Waals surface area contributed by atoms with Crippen molar-refractivity contribution in [1.29, 1.82) is 0 Å².